The van der Waals surface area contributed by atoms with Crippen molar-refractivity contribution in [3.63, 3.8) is 0 Å². The second-order valence-electron chi connectivity index (χ2n) is 6.72. The Kier molecular flexibility index (Phi) is 6.99. The highest BCUT2D eigenvalue weighted by Crippen LogP contribution is 2.22. The van der Waals surface area contributed by atoms with E-state index in [1.54, 1.807) is 0 Å². The molecule has 1 nitrogen and oxygen atoms in total. The second kappa shape index (κ2) is 9.02. The molecule has 0 bridgehead atoms. The lowest BCUT2D eigenvalue weighted by molar-refractivity contribution is -0.123. The van der Waals surface area contributed by atoms with Crippen LogP contribution in [-0.2, 0) is 11.2 Å². The van der Waals surface area contributed by atoms with Gasteiger partial charge in [-0.15, -0.1) is 0 Å². The highest BCUT2D eigenvalue weighted by molar-refractivity contribution is 5.81. The smallest absolute Gasteiger partial charge is 0.136 e. The van der Waals surface area contributed by atoms with Gasteiger partial charge in [-0.2, -0.15) is 0 Å². The molecule has 0 saturated heterocycles. The first-order chi connectivity index (χ1) is 10.3. The van der Waals surface area contributed by atoms with Crippen molar-refractivity contribution in [2.24, 2.45) is 5.92 Å². The van der Waals surface area contributed by atoms with Crippen molar-refractivity contribution in [3.05, 3.63) is 35.4 Å². The van der Waals surface area contributed by atoms with Gasteiger partial charge in [0.15, 0.2) is 0 Å². The van der Waals surface area contributed by atoms with E-state index in [0.717, 1.165) is 25.7 Å². The predicted octanol–water partition coefficient (Wildman–Crippen LogP) is 5.64. The van der Waals surface area contributed by atoms with Crippen molar-refractivity contribution < 1.29 is 4.79 Å². The number of rotatable bonds is 2. The highest BCUT2D eigenvalue weighted by Gasteiger charge is 2.18. The minimum atomic E-state index is 0.257. The summed E-state index contributed by atoms with van der Waals surface area (Å²) in [5, 5.41) is 0. The summed E-state index contributed by atoms with van der Waals surface area (Å²) < 4.78 is 0. The minimum Gasteiger partial charge on any atom is -0.299 e. The first kappa shape index (κ1) is 16.3. The SMILES string of the molecule is Cc1ccc(CC2CCCCCCCCCCC2=O)cc1. The number of hydrogen-bond donors (Lipinski definition) is 0. The normalized spacial score (nSPS) is 22.3. The average molecular weight is 286 g/mol. The maximum Gasteiger partial charge on any atom is 0.136 e. The van der Waals surface area contributed by atoms with Crippen LogP contribution in [0.3, 0.4) is 0 Å². The Morgan fingerprint density at radius 3 is 2.10 bits per heavy atom. The summed E-state index contributed by atoms with van der Waals surface area (Å²) in [6, 6.07) is 8.71. The van der Waals surface area contributed by atoms with Crippen LogP contribution in [0.4, 0.5) is 0 Å². The standard InChI is InChI=1S/C20H30O/c1-17-12-14-18(15-13-17)16-19-10-8-6-4-2-3-5-7-9-11-20(19)21/h12-15,19H,2-11,16H2,1H3. The molecule has 0 spiro atoms. The fraction of sp³-hybridized carbons (Fsp3) is 0.650. The zero-order chi connectivity index (χ0) is 14.9. The van der Waals surface area contributed by atoms with Crippen molar-refractivity contribution in [2.45, 2.75) is 77.6 Å². The summed E-state index contributed by atoms with van der Waals surface area (Å²) in [6.07, 6.45) is 13.1. The van der Waals surface area contributed by atoms with Gasteiger partial charge in [0.25, 0.3) is 0 Å². The van der Waals surface area contributed by atoms with Crippen LogP contribution in [0.25, 0.3) is 0 Å². The van der Waals surface area contributed by atoms with E-state index in [0.29, 0.717) is 5.78 Å². The van der Waals surface area contributed by atoms with Crippen molar-refractivity contribution in [2.75, 3.05) is 0 Å². The third kappa shape index (κ3) is 6.03. The van der Waals surface area contributed by atoms with Crippen molar-refractivity contribution in [1.29, 1.82) is 0 Å². The molecule has 0 aromatic heterocycles. The molecule has 0 amide bonds. The van der Waals surface area contributed by atoms with Crippen molar-refractivity contribution in [3.8, 4) is 0 Å². The lowest BCUT2D eigenvalue weighted by Crippen LogP contribution is -2.17. The summed E-state index contributed by atoms with van der Waals surface area (Å²) in [5.74, 6) is 0.767. The molecule has 0 N–H and O–H groups in total. The van der Waals surface area contributed by atoms with E-state index >= 15 is 0 Å². The predicted molar refractivity (Wildman–Crippen MR) is 89.6 cm³/mol. The second-order valence-corrected chi connectivity index (χ2v) is 6.72. The van der Waals surface area contributed by atoms with E-state index in [2.05, 4.69) is 31.2 Å². The molecule has 1 atom stereocenters. The largest absolute Gasteiger partial charge is 0.299 e. The number of carbonyl (C=O) groups is 1. The van der Waals surface area contributed by atoms with Crippen LogP contribution in [0.2, 0.25) is 0 Å². The van der Waals surface area contributed by atoms with Gasteiger partial charge in [0.2, 0.25) is 0 Å². The minimum absolute atomic E-state index is 0.257. The summed E-state index contributed by atoms with van der Waals surface area (Å²) in [4.78, 5) is 12.5. The Morgan fingerprint density at radius 2 is 1.43 bits per heavy atom. The van der Waals surface area contributed by atoms with Gasteiger partial charge in [-0.3, -0.25) is 4.79 Å². The van der Waals surface area contributed by atoms with Crippen molar-refractivity contribution >= 4 is 5.78 Å². The maximum absolute atomic E-state index is 12.5. The number of carbonyl (C=O) groups excluding carboxylic acids is 1. The fourth-order valence-corrected chi connectivity index (χ4v) is 3.34. The average Bonchev–Trinajstić information content (AvgIpc) is 2.48. The molecule has 1 heteroatoms. The molecule has 0 aliphatic heterocycles. The van der Waals surface area contributed by atoms with Crippen LogP contribution in [0.1, 0.15) is 75.3 Å². The van der Waals surface area contributed by atoms with E-state index in [1.165, 1.54) is 56.1 Å². The fourth-order valence-electron chi connectivity index (χ4n) is 3.34. The third-order valence-corrected chi connectivity index (χ3v) is 4.78. The Hall–Kier alpha value is -1.11. The van der Waals surface area contributed by atoms with Gasteiger partial charge in [-0.1, -0.05) is 74.8 Å². The molecule has 21 heavy (non-hydrogen) atoms. The Morgan fingerprint density at radius 1 is 0.857 bits per heavy atom. The van der Waals surface area contributed by atoms with Crippen LogP contribution in [0, 0.1) is 12.8 Å². The highest BCUT2D eigenvalue weighted by atomic mass is 16.1. The Balaban J connectivity index is 1.94. The van der Waals surface area contributed by atoms with Crippen LogP contribution < -0.4 is 0 Å². The van der Waals surface area contributed by atoms with Gasteiger partial charge in [-0.25, -0.2) is 0 Å². The molecule has 1 aromatic rings. The molecular weight excluding hydrogens is 256 g/mol. The Bertz CT molecular complexity index is 418. The molecule has 1 unspecified atom stereocenters. The van der Waals surface area contributed by atoms with Gasteiger partial charge >= 0.3 is 0 Å². The van der Waals surface area contributed by atoms with Crippen molar-refractivity contribution in [1.82, 2.24) is 0 Å². The molecule has 0 heterocycles. The number of Topliss-reactive ketones (excluding diaryl/α,β-unsaturated/α-hetero) is 1. The molecule has 116 valence electrons. The summed E-state index contributed by atoms with van der Waals surface area (Å²) in [7, 11) is 0. The van der Waals surface area contributed by atoms with Gasteiger partial charge in [0.05, 0.1) is 0 Å². The van der Waals surface area contributed by atoms with Gasteiger partial charge < -0.3 is 0 Å². The van der Waals surface area contributed by atoms with E-state index in [1.807, 2.05) is 0 Å². The van der Waals surface area contributed by atoms with E-state index < -0.39 is 0 Å². The molecule has 2 rings (SSSR count). The molecule has 1 aliphatic carbocycles. The number of benzene rings is 1. The van der Waals surface area contributed by atoms with Gasteiger partial charge in [0.1, 0.15) is 5.78 Å². The summed E-state index contributed by atoms with van der Waals surface area (Å²) >= 11 is 0. The maximum atomic E-state index is 12.5. The van der Waals surface area contributed by atoms with E-state index in [-0.39, 0.29) is 5.92 Å². The molecule has 1 aliphatic rings. The van der Waals surface area contributed by atoms with Crippen LogP contribution in [-0.4, -0.2) is 5.78 Å². The first-order valence-electron chi connectivity index (χ1n) is 8.84. The lowest BCUT2D eigenvalue weighted by Gasteiger charge is -2.17. The molecule has 1 aromatic carbocycles. The summed E-state index contributed by atoms with van der Waals surface area (Å²) in [6.45, 7) is 2.12. The van der Waals surface area contributed by atoms with E-state index in [9.17, 15) is 4.79 Å². The molecule has 1 saturated carbocycles. The zero-order valence-corrected chi connectivity index (χ0v) is 13.6. The molecular formula is C20H30O. The van der Waals surface area contributed by atoms with Gasteiger partial charge in [-0.05, 0) is 31.7 Å². The van der Waals surface area contributed by atoms with Crippen LogP contribution >= 0.6 is 0 Å². The third-order valence-electron chi connectivity index (χ3n) is 4.78. The number of ketones is 1. The summed E-state index contributed by atoms with van der Waals surface area (Å²) in [5.41, 5.74) is 2.62. The van der Waals surface area contributed by atoms with Crippen LogP contribution in [0.5, 0.6) is 0 Å². The van der Waals surface area contributed by atoms with E-state index in [4.69, 9.17) is 0 Å². The number of aryl methyl sites for hydroxylation is 1. The monoisotopic (exact) mass is 286 g/mol. The molecule has 1 fully saturated rings. The quantitative estimate of drug-likeness (QED) is 0.688. The lowest BCUT2D eigenvalue weighted by atomic mass is 9.87. The topological polar surface area (TPSA) is 17.1 Å². The zero-order valence-electron chi connectivity index (χ0n) is 13.6. The first-order valence-corrected chi connectivity index (χ1v) is 8.84. The number of hydrogen-bond acceptors (Lipinski definition) is 1. The van der Waals surface area contributed by atoms with Crippen LogP contribution in [0.15, 0.2) is 24.3 Å². The molecule has 0 radical (unpaired) electrons. The van der Waals surface area contributed by atoms with Gasteiger partial charge in [0, 0.05) is 12.3 Å². The Labute approximate surface area is 130 Å².